The van der Waals surface area contributed by atoms with Crippen molar-refractivity contribution in [3.63, 3.8) is 0 Å². The normalized spacial score (nSPS) is 9.81. The van der Waals surface area contributed by atoms with Crippen LogP contribution in [0.5, 0.6) is 0 Å². The van der Waals surface area contributed by atoms with Crippen LogP contribution in [0.1, 0.15) is 10.4 Å². The molecule has 0 atom stereocenters. The summed E-state index contributed by atoms with van der Waals surface area (Å²) in [4.78, 5) is 11.7. The number of aromatic amines is 1. The fourth-order valence-electron chi connectivity index (χ4n) is 1.31. The summed E-state index contributed by atoms with van der Waals surface area (Å²) < 4.78 is 0. The second kappa shape index (κ2) is 4.48. The standard InChI is InChI=1S/C11H12N4O/c1-12-9-4-2-8(3-5-9)11(16)15-10-6-13-14-7-10/h2-7,12H,1H3,(H,13,14)(H,15,16). The van der Waals surface area contributed by atoms with E-state index in [1.165, 1.54) is 0 Å². The summed E-state index contributed by atoms with van der Waals surface area (Å²) in [6.45, 7) is 0. The zero-order chi connectivity index (χ0) is 11.4. The van der Waals surface area contributed by atoms with Gasteiger partial charge in [0, 0.05) is 24.5 Å². The van der Waals surface area contributed by atoms with Crippen LogP contribution in [0.2, 0.25) is 0 Å². The summed E-state index contributed by atoms with van der Waals surface area (Å²) in [5, 5.41) is 12.1. The number of nitrogens with one attached hydrogen (secondary N) is 3. The van der Waals surface area contributed by atoms with Gasteiger partial charge in [0.25, 0.3) is 5.91 Å². The Labute approximate surface area is 92.9 Å². The van der Waals surface area contributed by atoms with E-state index >= 15 is 0 Å². The lowest BCUT2D eigenvalue weighted by Gasteiger charge is -2.03. The van der Waals surface area contributed by atoms with Gasteiger partial charge in [-0.2, -0.15) is 5.10 Å². The summed E-state index contributed by atoms with van der Waals surface area (Å²) in [7, 11) is 1.83. The molecule has 1 heterocycles. The zero-order valence-electron chi connectivity index (χ0n) is 8.82. The number of carbonyl (C=O) groups excluding carboxylic acids is 1. The van der Waals surface area contributed by atoms with Crippen molar-refractivity contribution in [2.75, 3.05) is 17.7 Å². The molecule has 1 amide bonds. The Kier molecular flexibility index (Phi) is 2.86. The molecule has 0 aliphatic carbocycles. The van der Waals surface area contributed by atoms with E-state index in [2.05, 4.69) is 20.8 Å². The average molecular weight is 216 g/mol. The van der Waals surface area contributed by atoms with Gasteiger partial charge in [-0.05, 0) is 24.3 Å². The number of nitrogens with zero attached hydrogens (tertiary/aromatic N) is 1. The van der Waals surface area contributed by atoms with Crippen molar-refractivity contribution in [2.24, 2.45) is 0 Å². The fourth-order valence-corrected chi connectivity index (χ4v) is 1.31. The van der Waals surface area contributed by atoms with Crippen LogP contribution in [0.4, 0.5) is 11.4 Å². The summed E-state index contributed by atoms with van der Waals surface area (Å²) in [6, 6.07) is 7.23. The van der Waals surface area contributed by atoms with Crippen molar-refractivity contribution in [3.05, 3.63) is 42.2 Å². The van der Waals surface area contributed by atoms with Gasteiger partial charge in [-0.1, -0.05) is 0 Å². The average Bonchev–Trinajstić information content (AvgIpc) is 2.82. The Balaban J connectivity index is 2.09. The van der Waals surface area contributed by atoms with Gasteiger partial charge in [0.15, 0.2) is 0 Å². The molecule has 0 bridgehead atoms. The maximum atomic E-state index is 11.7. The summed E-state index contributed by atoms with van der Waals surface area (Å²) in [5.74, 6) is -0.149. The molecular weight excluding hydrogens is 204 g/mol. The first-order valence-electron chi connectivity index (χ1n) is 4.87. The van der Waals surface area contributed by atoms with Gasteiger partial charge in [0.05, 0.1) is 11.9 Å². The molecule has 3 N–H and O–H groups in total. The monoisotopic (exact) mass is 216 g/mol. The van der Waals surface area contributed by atoms with Gasteiger partial charge < -0.3 is 10.6 Å². The SMILES string of the molecule is CNc1ccc(C(=O)Nc2cn[nH]c2)cc1. The Morgan fingerprint density at radius 2 is 2.00 bits per heavy atom. The quantitative estimate of drug-likeness (QED) is 0.731. The van der Waals surface area contributed by atoms with E-state index in [0.717, 1.165) is 5.69 Å². The van der Waals surface area contributed by atoms with Crippen LogP contribution in [0.15, 0.2) is 36.7 Å². The summed E-state index contributed by atoms with van der Waals surface area (Å²) >= 11 is 0. The lowest BCUT2D eigenvalue weighted by Crippen LogP contribution is -2.11. The van der Waals surface area contributed by atoms with Crippen molar-refractivity contribution in [2.45, 2.75) is 0 Å². The predicted octanol–water partition coefficient (Wildman–Crippen LogP) is 1.70. The molecule has 1 aromatic heterocycles. The van der Waals surface area contributed by atoms with E-state index < -0.39 is 0 Å². The highest BCUT2D eigenvalue weighted by Crippen LogP contribution is 2.10. The number of amides is 1. The Morgan fingerprint density at radius 1 is 1.25 bits per heavy atom. The minimum Gasteiger partial charge on any atom is -0.388 e. The predicted molar refractivity (Wildman–Crippen MR) is 62.5 cm³/mol. The highest BCUT2D eigenvalue weighted by Gasteiger charge is 2.05. The Bertz CT molecular complexity index is 461. The Hall–Kier alpha value is -2.30. The molecule has 0 unspecified atom stereocenters. The van der Waals surface area contributed by atoms with Gasteiger partial charge in [-0.3, -0.25) is 9.89 Å². The van der Waals surface area contributed by atoms with Gasteiger partial charge >= 0.3 is 0 Å². The van der Waals surface area contributed by atoms with E-state index in [0.29, 0.717) is 11.3 Å². The topological polar surface area (TPSA) is 69.8 Å². The van der Waals surface area contributed by atoms with Crippen LogP contribution in [0.3, 0.4) is 0 Å². The van der Waals surface area contributed by atoms with E-state index in [-0.39, 0.29) is 5.91 Å². The molecule has 1 aromatic carbocycles. The number of anilines is 2. The molecule has 2 rings (SSSR count). The van der Waals surface area contributed by atoms with E-state index in [9.17, 15) is 4.79 Å². The molecule has 16 heavy (non-hydrogen) atoms. The first kappa shape index (κ1) is 10.2. The smallest absolute Gasteiger partial charge is 0.255 e. The number of rotatable bonds is 3. The van der Waals surface area contributed by atoms with Crippen LogP contribution in [0, 0.1) is 0 Å². The number of H-pyrrole nitrogens is 1. The molecule has 0 fully saturated rings. The second-order valence-electron chi connectivity index (χ2n) is 3.27. The van der Waals surface area contributed by atoms with Gasteiger partial charge in [-0.15, -0.1) is 0 Å². The third kappa shape index (κ3) is 2.20. The van der Waals surface area contributed by atoms with E-state index in [4.69, 9.17) is 0 Å². The molecule has 0 spiro atoms. The van der Waals surface area contributed by atoms with Crippen molar-refractivity contribution < 1.29 is 4.79 Å². The lowest BCUT2D eigenvalue weighted by molar-refractivity contribution is 0.102. The van der Waals surface area contributed by atoms with Crippen molar-refractivity contribution in [3.8, 4) is 0 Å². The molecule has 0 saturated heterocycles. The van der Waals surface area contributed by atoms with Crippen LogP contribution in [-0.2, 0) is 0 Å². The Morgan fingerprint density at radius 3 is 2.56 bits per heavy atom. The number of benzene rings is 1. The minimum absolute atomic E-state index is 0.149. The third-order valence-corrected chi connectivity index (χ3v) is 2.19. The third-order valence-electron chi connectivity index (χ3n) is 2.19. The molecule has 0 aliphatic rings. The first-order valence-corrected chi connectivity index (χ1v) is 4.87. The lowest BCUT2D eigenvalue weighted by atomic mass is 10.2. The van der Waals surface area contributed by atoms with Crippen LogP contribution in [-0.4, -0.2) is 23.2 Å². The largest absolute Gasteiger partial charge is 0.388 e. The minimum atomic E-state index is -0.149. The molecule has 0 radical (unpaired) electrons. The second-order valence-corrected chi connectivity index (χ2v) is 3.27. The van der Waals surface area contributed by atoms with Crippen LogP contribution >= 0.6 is 0 Å². The molecule has 5 nitrogen and oxygen atoms in total. The summed E-state index contributed by atoms with van der Waals surface area (Å²) in [6.07, 6.45) is 3.18. The molecular formula is C11H12N4O. The molecule has 5 heteroatoms. The van der Waals surface area contributed by atoms with Crippen LogP contribution in [0.25, 0.3) is 0 Å². The maximum absolute atomic E-state index is 11.7. The van der Waals surface area contributed by atoms with E-state index in [1.807, 2.05) is 19.2 Å². The summed E-state index contributed by atoms with van der Waals surface area (Å²) in [5.41, 5.74) is 2.24. The molecule has 0 aliphatic heterocycles. The van der Waals surface area contributed by atoms with Gasteiger partial charge in [0.1, 0.15) is 0 Å². The molecule has 0 saturated carbocycles. The molecule has 82 valence electrons. The van der Waals surface area contributed by atoms with Crippen molar-refractivity contribution >= 4 is 17.3 Å². The zero-order valence-corrected chi connectivity index (χ0v) is 8.82. The maximum Gasteiger partial charge on any atom is 0.255 e. The van der Waals surface area contributed by atoms with Gasteiger partial charge in [-0.25, -0.2) is 0 Å². The highest BCUT2D eigenvalue weighted by atomic mass is 16.1. The number of hydrogen-bond acceptors (Lipinski definition) is 3. The van der Waals surface area contributed by atoms with Crippen molar-refractivity contribution in [1.29, 1.82) is 0 Å². The molecule has 2 aromatic rings. The fraction of sp³-hybridized carbons (Fsp3) is 0.0909. The highest BCUT2D eigenvalue weighted by molar-refractivity contribution is 6.04. The van der Waals surface area contributed by atoms with Gasteiger partial charge in [0.2, 0.25) is 0 Å². The number of aromatic nitrogens is 2. The number of hydrogen-bond donors (Lipinski definition) is 3. The van der Waals surface area contributed by atoms with Crippen LogP contribution < -0.4 is 10.6 Å². The van der Waals surface area contributed by atoms with E-state index in [1.54, 1.807) is 24.5 Å². The number of carbonyl (C=O) groups is 1. The first-order chi connectivity index (χ1) is 7.79. The van der Waals surface area contributed by atoms with Crippen molar-refractivity contribution in [1.82, 2.24) is 10.2 Å².